The molecule has 0 aliphatic carbocycles. The summed E-state index contributed by atoms with van der Waals surface area (Å²) in [6.07, 6.45) is -6.07. The van der Waals surface area contributed by atoms with Crippen LogP contribution in [0, 0.1) is 5.82 Å². The van der Waals surface area contributed by atoms with E-state index in [1.54, 1.807) is 0 Å². The topological polar surface area (TPSA) is 69.1 Å². The van der Waals surface area contributed by atoms with Gasteiger partial charge in [-0.05, 0) is 18.6 Å². The number of fused-ring (bicyclic) bond motifs is 1. The predicted octanol–water partition coefficient (Wildman–Crippen LogP) is 4.12. The first-order valence-electron chi connectivity index (χ1n) is 7.24. The van der Waals surface area contributed by atoms with E-state index in [9.17, 15) is 26.3 Å². The van der Waals surface area contributed by atoms with Crippen molar-refractivity contribution in [2.75, 3.05) is 5.73 Å². The molecule has 138 valence electrons. The molecule has 0 saturated carbocycles. The minimum absolute atomic E-state index is 0.0419. The minimum Gasteiger partial charge on any atom is -0.367 e. The summed E-state index contributed by atoms with van der Waals surface area (Å²) in [5, 5.41) is 3.78. The third-order valence-electron chi connectivity index (χ3n) is 3.91. The number of hydrogen-bond acceptors (Lipinski definition) is 4. The highest BCUT2D eigenvalue weighted by Crippen LogP contribution is 2.39. The van der Waals surface area contributed by atoms with Gasteiger partial charge in [0.2, 0.25) is 5.95 Å². The van der Waals surface area contributed by atoms with E-state index in [0.717, 1.165) is 36.0 Å². The van der Waals surface area contributed by atoms with Gasteiger partial charge in [-0.1, -0.05) is 0 Å². The highest BCUT2D eigenvalue weighted by molar-refractivity contribution is 5.65. The van der Waals surface area contributed by atoms with Crippen molar-refractivity contribution in [2.24, 2.45) is 0 Å². The van der Waals surface area contributed by atoms with Crippen LogP contribution in [0.2, 0.25) is 0 Å². The van der Waals surface area contributed by atoms with Crippen molar-refractivity contribution in [2.45, 2.75) is 25.4 Å². The zero-order chi connectivity index (χ0) is 19.2. The van der Waals surface area contributed by atoms with Crippen LogP contribution in [-0.4, -0.2) is 25.8 Å². The van der Waals surface area contributed by atoms with Crippen LogP contribution in [-0.2, 0) is 0 Å². The highest BCUT2D eigenvalue weighted by Gasteiger charge is 2.39. The Morgan fingerprint density at radius 2 is 1.77 bits per heavy atom. The van der Waals surface area contributed by atoms with Crippen molar-refractivity contribution in [1.29, 1.82) is 0 Å². The van der Waals surface area contributed by atoms with Crippen LogP contribution in [0.25, 0.3) is 16.9 Å². The second-order valence-electron chi connectivity index (χ2n) is 5.55. The molecule has 1 atom stereocenters. The molecule has 3 aromatic heterocycles. The van der Waals surface area contributed by atoms with Crippen molar-refractivity contribution >= 4 is 11.5 Å². The summed E-state index contributed by atoms with van der Waals surface area (Å²) < 4.78 is 80.4. The van der Waals surface area contributed by atoms with Gasteiger partial charge in [-0.25, -0.2) is 22.7 Å². The molecule has 26 heavy (non-hydrogen) atoms. The number of alkyl halides is 5. The van der Waals surface area contributed by atoms with Crippen molar-refractivity contribution in [3.8, 4) is 11.4 Å². The number of rotatable bonds is 3. The summed E-state index contributed by atoms with van der Waals surface area (Å²) in [7, 11) is 0. The molecule has 0 aliphatic rings. The third-order valence-corrected chi connectivity index (χ3v) is 3.91. The lowest BCUT2D eigenvalue weighted by Crippen LogP contribution is -2.19. The van der Waals surface area contributed by atoms with Gasteiger partial charge in [-0.3, -0.25) is 4.98 Å². The van der Waals surface area contributed by atoms with E-state index in [2.05, 4.69) is 15.1 Å². The first-order chi connectivity index (χ1) is 12.1. The first-order valence-corrected chi connectivity index (χ1v) is 7.24. The number of hydrogen-bond donors (Lipinski definition) is 1. The smallest absolute Gasteiger partial charge is 0.367 e. The molecule has 3 heterocycles. The molecule has 0 amide bonds. The zero-order valence-corrected chi connectivity index (χ0v) is 13.1. The van der Waals surface area contributed by atoms with Gasteiger partial charge in [0.25, 0.3) is 6.43 Å². The lowest BCUT2D eigenvalue weighted by atomic mass is 9.96. The molecule has 0 spiro atoms. The Balaban J connectivity index is 2.19. The Hall–Kier alpha value is -2.85. The van der Waals surface area contributed by atoms with Gasteiger partial charge in [-0.15, -0.1) is 5.10 Å². The van der Waals surface area contributed by atoms with E-state index in [0.29, 0.717) is 0 Å². The van der Waals surface area contributed by atoms with E-state index < -0.39 is 35.5 Å². The normalized spacial score (nSPS) is 13.5. The van der Waals surface area contributed by atoms with Crippen LogP contribution < -0.4 is 5.73 Å². The molecule has 0 saturated heterocycles. The van der Waals surface area contributed by atoms with Crippen LogP contribution in [0.1, 0.15) is 30.4 Å². The summed E-state index contributed by atoms with van der Waals surface area (Å²) in [4.78, 5) is 7.42. The molecular formula is C15H11F6N5. The van der Waals surface area contributed by atoms with Crippen molar-refractivity contribution < 1.29 is 26.3 Å². The van der Waals surface area contributed by atoms with Gasteiger partial charge in [0.05, 0.1) is 23.5 Å². The summed E-state index contributed by atoms with van der Waals surface area (Å²) in [6, 6.07) is 1.76. The minimum atomic E-state index is -4.71. The number of nitrogens with two attached hydrogens (primary N) is 1. The molecule has 0 bridgehead atoms. The number of halogens is 6. The fourth-order valence-corrected chi connectivity index (χ4v) is 2.50. The van der Waals surface area contributed by atoms with Crippen LogP contribution in [0.15, 0.2) is 24.5 Å². The van der Waals surface area contributed by atoms with Gasteiger partial charge in [-0.2, -0.15) is 13.2 Å². The number of nitrogen functional groups attached to an aromatic ring is 1. The largest absolute Gasteiger partial charge is 0.395 e. The van der Waals surface area contributed by atoms with E-state index >= 15 is 0 Å². The van der Waals surface area contributed by atoms with Gasteiger partial charge < -0.3 is 5.73 Å². The standard InChI is InChI=1S/C15H11F6N5/c1-6(15(19,20)21)8-4-23-10(2-7(8)13(17)18)11-3-9(16)12-5-24-14(22)25-26(11)12/h2-6,13H,1H3,(H2,22,25). The van der Waals surface area contributed by atoms with Crippen LogP contribution in [0.4, 0.5) is 32.3 Å². The molecule has 0 aromatic carbocycles. The molecule has 11 heteroatoms. The average Bonchev–Trinajstić information content (AvgIpc) is 2.88. The van der Waals surface area contributed by atoms with Crippen molar-refractivity contribution in [3.63, 3.8) is 0 Å². The summed E-state index contributed by atoms with van der Waals surface area (Å²) >= 11 is 0. The molecule has 3 aromatic rings. The Kier molecular flexibility index (Phi) is 4.24. The van der Waals surface area contributed by atoms with Crippen molar-refractivity contribution in [3.05, 3.63) is 41.5 Å². The number of anilines is 1. The van der Waals surface area contributed by atoms with Gasteiger partial charge >= 0.3 is 6.18 Å². The molecule has 0 radical (unpaired) electrons. The molecule has 5 nitrogen and oxygen atoms in total. The van der Waals surface area contributed by atoms with Gasteiger partial charge in [0, 0.05) is 17.8 Å². The number of nitrogens with zero attached hydrogens (tertiary/aromatic N) is 4. The average molecular weight is 375 g/mol. The Bertz CT molecular complexity index is 965. The Morgan fingerprint density at radius 3 is 2.38 bits per heavy atom. The number of pyridine rings is 1. The van der Waals surface area contributed by atoms with E-state index in [1.165, 1.54) is 0 Å². The lowest BCUT2D eigenvalue weighted by Gasteiger charge is -2.19. The van der Waals surface area contributed by atoms with Crippen LogP contribution in [0.5, 0.6) is 0 Å². The Morgan fingerprint density at radius 1 is 1.08 bits per heavy atom. The molecule has 0 fully saturated rings. The van der Waals surface area contributed by atoms with Gasteiger partial charge in [0.1, 0.15) is 5.52 Å². The van der Waals surface area contributed by atoms with E-state index in [-0.39, 0.29) is 22.9 Å². The highest BCUT2D eigenvalue weighted by atomic mass is 19.4. The van der Waals surface area contributed by atoms with Crippen LogP contribution >= 0.6 is 0 Å². The predicted molar refractivity (Wildman–Crippen MR) is 80.0 cm³/mol. The fraction of sp³-hybridized carbons (Fsp3) is 0.267. The Labute approximate surface area is 142 Å². The molecule has 0 aliphatic heterocycles. The van der Waals surface area contributed by atoms with Crippen LogP contribution in [0.3, 0.4) is 0 Å². The quantitative estimate of drug-likeness (QED) is 0.700. The SMILES string of the molecule is CC(c1cnc(-c2cc(F)c3cnc(N)nn23)cc1C(F)F)C(F)(F)F. The maximum absolute atomic E-state index is 14.0. The molecule has 3 rings (SSSR count). The second kappa shape index (κ2) is 6.15. The molecule has 1 unspecified atom stereocenters. The summed E-state index contributed by atoms with van der Waals surface area (Å²) in [5.41, 5.74) is 3.66. The third kappa shape index (κ3) is 3.04. The van der Waals surface area contributed by atoms with E-state index in [4.69, 9.17) is 5.73 Å². The van der Waals surface area contributed by atoms with Gasteiger partial charge in [0.15, 0.2) is 5.82 Å². The monoisotopic (exact) mass is 375 g/mol. The fourth-order valence-electron chi connectivity index (χ4n) is 2.50. The van der Waals surface area contributed by atoms with Crippen molar-refractivity contribution in [1.82, 2.24) is 19.6 Å². The molecule has 2 N–H and O–H groups in total. The number of aromatic nitrogens is 4. The van der Waals surface area contributed by atoms with E-state index in [1.807, 2.05) is 0 Å². The molecular weight excluding hydrogens is 364 g/mol. The maximum atomic E-state index is 14.0. The first kappa shape index (κ1) is 18.0. The zero-order valence-electron chi connectivity index (χ0n) is 13.1. The lowest BCUT2D eigenvalue weighted by molar-refractivity contribution is -0.146. The summed E-state index contributed by atoms with van der Waals surface area (Å²) in [5.74, 6) is -3.09. The summed E-state index contributed by atoms with van der Waals surface area (Å²) in [6.45, 7) is 0.767. The second-order valence-corrected chi connectivity index (χ2v) is 5.55. The maximum Gasteiger partial charge on any atom is 0.395 e.